The fraction of sp³-hybridized carbons (Fsp3) is 0.200. The molecule has 2 aromatic carbocycles. The molecule has 0 aromatic heterocycles. The van der Waals surface area contributed by atoms with Crippen LogP contribution in [0.25, 0.3) is 11.1 Å². The van der Waals surface area contributed by atoms with Crippen molar-refractivity contribution in [3.05, 3.63) is 48.5 Å². The number of aromatic hydroxyl groups is 1. The topological polar surface area (TPSA) is 29.5 Å². The lowest BCUT2D eigenvalue weighted by Gasteiger charge is -2.22. The summed E-state index contributed by atoms with van der Waals surface area (Å²) in [6, 6.07) is 15.2. The van der Waals surface area contributed by atoms with Crippen molar-refractivity contribution in [3.8, 4) is 22.6 Å². The fourth-order valence-electron chi connectivity index (χ4n) is 1.81. The maximum atomic E-state index is 9.94. The summed E-state index contributed by atoms with van der Waals surface area (Å²) in [5, 5.41) is 9.94. The molecule has 94 valence electrons. The molecule has 0 saturated heterocycles. The first-order valence-corrected chi connectivity index (χ1v) is 9.44. The van der Waals surface area contributed by atoms with E-state index in [1.807, 2.05) is 42.5 Å². The molecule has 18 heavy (non-hydrogen) atoms. The summed E-state index contributed by atoms with van der Waals surface area (Å²) in [6.45, 7) is 6.44. The van der Waals surface area contributed by atoms with E-state index in [2.05, 4.69) is 19.6 Å². The second-order valence-corrected chi connectivity index (χ2v) is 9.66. The summed E-state index contributed by atoms with van der Waals surface area (Å²) in [6.07, 6.45) is 0. The second kappa shape index (κ2) is 4.86. The Labute approximate surface area is 109 Å². The number of benzene rings is 2. The van der Waals surface area contributed by atoms with Gasteiger partial charge in [-0.3, -0.25) is 0 Å². The molecule has 0 aliphatic carbocycles. The molecule has 0 spiro atoms. The van der Waals surface area contributed by atoms with Crippen molar-refractivity contribution < 1.29 is 9.53 Å². The lowest BCUT2D eigenvalue weighted by atomic mass is 10.0. The number of phenolic OH excluding ortho intramolecular Hbond substituents is 1. The van der Waals surface area contributed by atoms with Crippen LogP contribution < -0.4 is 4.43 Å². The fourth-order valence-corrected chi connectivity index (χ4v) is 2.65. The lowest BCUT2D eigenvalue weighted by Crippen LogP contribution is -2.29. The minimum atomic E-state index is -1.66. The maximum absolute atomic E-state index is 9.94. The van der Waals surface area contributed by atoms with Gasteiger partial charge >= 0.3 is 0 Å². The zero-order valence-corrected chi connectivity index (χ0v) is 12.0. The van der Waals surface area contributed by atoms with Crippen LogP contribution in [0, 0.1) is 0 Å². The highest BCUT2D eigenvalue weighted by Gasteiger charge is 2.19. The van der Waals surface area contributed by atoms with Crippen LogP contribution in [-0.2, 0) is 0 Å². The molecular weight excluding hydrogens is 240 g/mol. The first-order valence-electron chi connectivity index (χ1n) is 6.04. The van der Waals surface area contributed by atoms with Gasteiger partial charge in [-0.2, -0.15) is 0 Å². The van der Waals surface area contributed by atoms with E-state index in [0.717, 1.165) is 16.9 Å². The SMILES string of the molecule is C[Si](C)(C)Oc1ccccc1-c1ccccc1O. The van der Waals surface area contributed by atoms with E-state index in [9.17, 15) is 5.11 Å². The molecule has 0 atom stereocenters. The molecule has 0 fully saturated rings. The van der Waals surface area contributed by atoms with Crippen LogP contribution in [0.1, 0.15) is 0 Å². The number of hydrogen-bond acceptors (Lipinski definition) is 2. The van der Waals surface area contributed by atoms with Crippen LogP contribution in [0.5, 0.6) is 11.5 Å². The Bertz CT molecular complexity index is 544. The van der Waals surface area contributed by atoms with Crippen LogP contribution >= 0.6 is 0 Å². The van der Waals surface area contributed by atoms with Gasteiger partial charge in [-0.1, -0.05) is 36.4 Å². The monoisotopic (exact) mass is 258 g/mol. The van der Waals surface area contributed by atoms with Gasteiger partial charge in [-0.25, -0.2) is 0 Å². The summed E-state index contributed by atoms with van der Waals surface area (Å²) >= 11 is 0. The predicted molar refractivity (Wildman–Crippen MR) is 77.5 cm³/mol. The second-order valence-electron chi connectivity index (χ2n) is 5.23. The average molecular weight is 258 g/mol. The molecule has 2 nitrogen and oxygen atoms in total. The van der Waals surface area contributed by atoms with Gasteiger partial charge in [0.05, 0.1) is 0 Å². The molecule has 0 unspecified atom stereocenters. The Balaban J connectivity index is 2.49. The molecule has 0 heterocycles. The van der Waals surface area contributed by atoms with Gasteiger partial charge in [-0.15, -0.1) is 0 Å². The normalized spacial score (nSPS) is 11.3. The number of hydrogen-bond donors (Lipinski definition) is 1. The molecule has 2 aromatic rings. The summed E-state index contributed by atoms with van der Waals surface area (Å²) in [4.78, 5) is 0. The highest BCUT2D eigenvalue weighted by molar-refractivity contribution is 6.70. The van der Waals surface area contributed by atoms with Gasteiger partial charge in [0.2, 0.25) is 8.32 Å². The van der Waals surface area contributed by atoms with Crippen molar-refractivity contribution in [2.75, 3.05) is 0 Å². The summed E-state index contributed by atoms with van der Waals surface area (Å²) in [7, 11) is -1.66. The molecule has 0 radical (unpaired) electrons. The van der Waals surface area contributed by atoms with Gasteiger partial charge < -0.3 is 9.53 Å². The quantitative estimate of drug-likeness (QED) is 0.833. The van der Waals surface area contributed by atoms with Crippen LogP contribution in [-0.4, -0.2) is 13.4 Å². The molecule has 0 saturated carbocycles. The third-order valence-corrected chi connectivity index (χ3v) is 3.33. The smallest absolute Gasteiger partial charge is 0.242 e. The highest BCUT2D eigenvalue weighted by atomic mass is 28.4. The minimum absolute atomic E-state index is 0.282. The minimum Gasteiger partial charge on any atom is -0.544 e. The molecule has 0 aliphatic rings. The lowest BCUT2D eigenvalue weighted by molar-refractivity contribution is 0.476. The van der Waals surface area contributed by atoms with Crippen molar-refractivity contribution in [2.45, 2.75) is 19.6 Å². The van der Waals surface area contributed by atoms with Gasteiger partial charge in [0.25, 0.3) is 0 Å². The maximum Gasteiger partial charge on any atom is 0.242 e. The molecule has 3 heteroatoms. The van der Waals surface area contributed by atoms with E-state index < -0.39 is 8.32 Å². The van der Waals surface area contributed by atoms with Crippen LogP contribution in [0.4, 0.5) is 0 Å². The molecule has 0 bridgehead atoms. The Morgan fingerprint density at radius 1 is 0.833 bits per heavy atom. The highest BCUT2D eigenvalue weighted by Crippen LogP contribution is 2.36. The van der Waals surface area contributed by atoms with Gasteiger partial charge in [0.15, 0.2) is 0 Å². The average Bonchev–Trinajstić information content (AvgIpc) is 2.29. The molecule has 2 rings (SSSR count). The zero-order valence-electron chi connectivity index (χ0n) is 11.0. The van der Waals surface area contributed by atoms with Crippen LogP contribution in [0.3, 0.4) is 0 Å². The Morgan fingerprint density at radius 3 is 2.00 bits per heavy atom. The van der Waals surface area contributed by atoms with E-state index in [-0.39, 0.29) is 5.75 Å². The van der Waals surface area contributed by atoms with E-state index >= 15 is 0 Å². The summed E-state index contributed by atoms with van der Waals surface area (Å²) in [5.74, 6) is 1.13. The van der Waals surface area contributed by atoms with Crippen LogP contribution in [0.2, 0.25) is 19.6 Å². The molecule has 1 N–H and O–H groups in total. The van der Waals surface area contributed by atoms with E-state index in [0.29, 0.717) is 0 Å². The Hall–Kier alpha value is -1.74. The third kappa shape index (κ3) is 2.93. The molecular formula is C15H18O2Si. The predicted octanol–water partition coefficient (Wildman–Crippen LogP) is 4.27. The number of para-hydroxylation sites is 2. The van der Waals surface area contributed by atoms with Gasteiger partial charge in [-0.05, 0) is 31.8 Å². The van der Waals surface area contributed by atoms with Crippen molar-refractivity contribution >= 4 is 8.32 Å². The van der Waals surface area contributed by atoms with Crippen molar-refractivity contribution in [1.29, 1.82) is 0 Å². The van der Waals surface area contributed by atoms with Gasteiger partial charge in [0.1, 0.15) is 11.5 Å². The zero-order chi connectivity index (χ0) is 13.2. The standard InChI is InChI=1S/C15H18O2Si/c1-18(2,3)17-15-11-7-5-9-13(15)12-8-4-6-10-14(12)16/h4-11,16H,1-3H3. The van der Waals surface area contributed by atoms with Crippen LogP contribution in [0.15, 0.2) is 48.5 Å². The first kappa shape index (κ1) is 12.7. The summed E-state index contributed by atoms with van der Waals surface area (Å²) in [5.41, 5.74) is 1.75. The Morgan fingerprint density at radius 2 is 1.39 bits per heavy atom. The Kier molecular flexibility index (Phi) is 3.43. The van der Waals surface area contributed by atoms with Crippen molar-refractivity contribution in [1.82, 2.24) is 0 Å². The third-order valence-electron chi connectivity index (χ3n) is 2.50. The van der Waals surface area contributed by atoms with Crippen molar-refractivity contribution in [2.24, 2.45) is 0 Å². The van der Waals surface area contributed by atoms with Crippen molar-refractivity contribution in [3.63, 3.8) is 0 Å². The van der Waals surface area contributed by atoms with Gasteiger partial charge in [0, 0.05) is 11.1 Å². The first-order chi connectivity index (χ1) is 8.47. The molecule has 0 aliphatic heterocycles. The number of phenols is 1. The number of rotatable bonds is 3. The van der Waals surface area contributed by atoms with E-state index in [4.69, 9.17) is 4.43 Å². The summed E-state index contributed by atoms with van der Waals surface area (Å²) < 4.78 is 6.07. The largest absolute Gasteiger partial charge is 0.544 e. The van der Waals surface area contributed by atoms with E-state index in [1.165, 1.54) is 0 Å². The molecule has 0 amide bonds. The van der Waals surface area contributed by atoms with E-state index in [1.54, 1.807) is 6.07 Å².